The van der Waals surface area contributed by atoms with Crippen molar-refractivity contribution in [1.82, 2.24) is 0 Å². The fraction of sp³-hybridized carbons (Fsp3) is 0.222. The molecule has 1 fully saturated rings. The number of hydrogen-bond donors (Lipinski definition) is 0. The molecule has 5 rings (SSSR count). The summed E-state index contributed by atoms with van der Waals surface area (Å²) in [6.45, 7) is 0. The molecule has 2 aliphatic heterocycles. The predicted molar refractivity (Wildman–Crippen MR) is 76.6 cm³/mol. The van der Waals surface area contributed by atoms with Gasteiger partial charge >= 0.3 is 11.9 Å². The molecule has 3 aliphatic rings. The molecule has 0 amide bonds. The Morgan fingerprint density at radius 2 is 1.00 bits per heavy atom. The van der Waals surface area contributed by atoms with Crippen molar-refractivity contribution in [2.75, 3.05) is 0 Å². The van der Waals surface area contributed by atoms with Crippen LogP contribution in [0.15, 0.2) is 48.5 Å². The lowest BCUT2D eigenvalue weighted by atomic mass is 9.51. The van der Waals surface area contributed by atoms with Gasteiger partial charge in [-0.05, 0) is 23.3 Å². The van der Waals surface area contributed by atoms with Gasteiger partial charge in [0.1, 0.15) is 11.5 Å². The average molecular weight is 292 g/mol. The molecule has 22 heavy (non-hydrogen) atoms. The van der Waals surface area contributed by atoms with Crippen molar-refractivity contribution in [3.8, 4) is 11.5 Å². The van der Waals surface area contributed by atoms with Gasteiger partial charge in [-0.3, -0.25) is 9.59 Å². The Hall–Kier alpha value is -2.62. The van der Waals surface area contributed by atoms with Gasteiger partial charge in [0.15, 0.2) is 0 Å². The zero-order valence-corrected chi connectivity index (χ0v) is 11.6. The van der Waals surface area contributed by atoms with E-state index in [4.69, 9.17) is 9.47 Å². The topological polar surface area (TPSA) is 52.6 Å². The fourth-order valence-corrected chi connectivity index (χ4v) is 4.16. The molecule has 4 heteroatoms. The highest BCUT2D eigenvalue weighted by atomic mass is 16.5. The molecular weight excluding hydrogens is 280 g/mol. The smallest absolute Gasteiger partial charge is 0.315 e. The van der Waals surface area contributed by atoms with Crippen LogP contribution < -0.4 is 9.47 Å². The molecule has 0 bridgehead atoms. The number of carbonyl (C=O) groups excluding carboxylic acids is 2. The van der Waals surface area contributed by atoms with Crippen LogP contribution in [0.1, 0.15) is 23.0 Å². The SMILES string of the molecule is O=C1Oc2ccccc2[C@H]2[C@@H]1[C@H]1c3ccccc3OC(=O)[C@H]12. The standard InChI is InChI=1S/C18H12O4/c19-17-15-13(9-5-1-3-7-11(9)21-17)16-14(15)10-6-2-4-8-12(10)22-18(16)20/h1-8,13-16H/t13-,14+,15+,16-/m0/s1. The van der Waals surface area contributed by atoms with Gasteiger partial charge in [-0.25, -0.2) is 0 Å². The molecule has 2 aromatic rings. The third-order valence-corrected chi connectivity index (χ3v) is 5.07. The van der Waals surface area contributed by atoms with Gasteiger partial charge in [-0.2, -0.15) is 0 Å². The second-order valence-corrected chi connectivity index (χ2v) is 6.02. The summed E-state index contributed by atoms with van der Waals surface area (Å²) in [4.78, 5) is 24.8. The molecule has 0 unspecified atom stereocenters. The van der Waals surface area contributed by atoms with Crippen LogP contribution in [0, 0.1) is 11.8 Å². The summed E-state index contributed by atoms with van der Waals surface area (Å²) < 4.78 is 10.9. The van der Waals surface area contributed by atoms with Crippen LogP contribution in [0.5, 0.6) is 11.5 Å². The van der Waals surface area contributed by atoms with Gasteiger partial charge in [0.2, 0.25) is 0 Å². The predicted octanol–water partition coefficient (Wildman–Crippen LogP) is 2.64. The first-order valence-corrected chi connectivity index (χ1v) is 7.37. The first-order valence-electron chi connectivity index (χ1n) is 7.37. The summed E-state index contributed by atoms with van der Waals surface area (Å²) in [5, 5.41) is 0. The second-order valence-electron chi connectivity index (χ2n) is 6.02. The van der Waals surface area contributed by atoms with Crippen molar-refractivity contribution in [3.05, 3.63) is 59.7 Å². The monoisotopic (exact) mass is 292 g/mol. The Morgan fingerprint density at radius 1 is 0.591 bits per heavy atom. The third kappa shape index (κ3) is 1.32. The maximum Gasteiger partial charge on any atom is 0.315 e. The molecule has 2 heterocycles. The summed E-state index contributed by atoms with van der Waals surface area (Å²) in [6.07, 6.45) is 0. The lowest BCUT2D eigenvalue weighted by Crippen LogP contribution is -2.56. The number of benzene rings is 2. The molecule has 0 radical (unpaired) electrons. The van der Waals surface area contributed by atoms with Crippen LogP contribution in [-0.2, 0) is 9.59 Å². The molecule has 2 aromatic carbocycles. The summed E-state index contributed by atoms with van der Waals surface area (Å²) >= 11 is 0. The lowest BCUT2D eigenvalue weighted by molar-refractivity contribution is -0.161. The molecule has 0 saturated heterocycles. The van der Waals surface area contributed by atoms with Crippen molar-refractivity contribution in [3.63, 3.8) is 0 Å². The number of carbonyl (C=O) groups is 2. The number of hydrogen-bond acceptors (Lipinski definition) is 4. The Labute approximate surface area is 126 Å². The van der Waals surface area contributed by atoms with Gasteiger partial charge in [-0.15, -0.1) is 0 Å². The maximum absolute atomic E-state index is 12.4. The van der Waals surface area contributed by atoms with Crippen LogP contribution in [0.2, 0.25) is 0 Å². The average Bonchev–Trinajstić information content (AvgIpc) is 2.48. The summed E-state index contributed by atoms with van der Waals surface area (Å²) in [6, 6.07) is 14.9. The van der Waals surface area contributed by atoms with E-state index in [2.05, 4.69) is 0 Å². The molecule has 0 atom stereocenters. The minimum atomic E-state index is -0.297. The molecule has 108 valence electrons. The normalized spacial score (nSPS) is 30.7. The quantitative estimate of drug-likeness (QED) is 0.553. The zero-order chi connectivity index (χ0) is 14.8. The molecule has 0 aromatic heterocycles. The number of fused-ring (bicyclic) bond motifs is 8. The van der Waals surface area contributed by atoms with E-state index in [9.17, 15) is 9.59 Å². The van der Waals surface area contributed by atoms with Crippen LogP contribution in [-0.4, -0.2) is 11.9 Å². The van der Waals surface area contributed by atoms with Crippen LogP contribution in [0.4, 0.5) is 0 Å². The highest BCUT2D eigenvalue weighted by Crippen LogP contribution is 2.64. The van der Waals surface area contributed by atoms with Gasteiger partial charge in [-0.1, -0.05) is 36.4 Å². The molecule has 4 nitrogen and oxygen atoms in total. The Morgan fingerprint density at radius 3 is 1.45 bits per heavy atom. The van der Waals surface area contributed by atoms with Crippen molar-refractivity contribution < 1.29 is 19.1 Å². The van der Waals surface area contributed by atoms with E-state index in [1.807, 2.05) is 36.4 Å². The first-order chi connectivity index (χ1) is 10.8. The van der Waals surface area contributed by atoms with Gasteiger partial charge in [0.25, 0.3) is 0 Å². The van der Waals surface area contributed by atoms with Crippen molar-refractivity contribution >= 4 is 11.9 Å². The maximum atomic E-state index is 12.4. The number of ether oxygens (including phenoxy) is 2. The van der Waals surface area contributed by atoms with E-state index in [1.165, 1.54) is 0 Å². The summed E-state index contributed by atoms with van der Waals surface area (Å²) in [7, 11) is 0. The highest BCUT2D eigenvalue weighted by molar-refractivity contribution is 5.91. The zero-order valence-electron chi connectivity index (χ0n) is 11.6. The van der Waals surface area contributed by atoms with E-state index < -0.39 is 0 Å². The Kier molecular flexibility index (Phi) is 2.16. The Bertz CT molecular complexity index is 748. The number of esters is 2. The second kappa shape index (κ2) is 3.97. The van der Waals surface area contributed by atoms with Crippen molar-refractivity contribution in [2.45, 2.75) is 11.8 Å². The lowest BCUT2D eigenvalue weighted by Gasteiger charge is -2.53. The minimum absolute atomic E-state index is 0.136. The van der Waals surface area contributed by atoms with Gasteiger partial charge in [0.05, 0.1) is 11.8 Å². The molecule has 1 aliphatic carbocycles. The van der Waals surface area contributed by atoms with Gasteiger partial charge in [0, 0.05) is 11.8 Å². The number of rotatable bonds is 0. The molecule has 0 N–H and O–H groups in total. The fourth-order valence-electron chi connectivity index (χ4n) is 4.16. The van der Waals surface area contributed by atoms with Crippen LogP contribution >= 0.6 is 0 Å². The Balaban J connectivity index is 1.68. The van der Waals surface area contributed by atoms with Crippen LogP contribution in [0.3, 0.4) is 0 Å². The molecular formula is C18H12O4. The summed E-state index contributed by atoms with van der Waals surface area (Å²) in [5.74, 6) is -0.212. The van der Waals surface area contributed by atoms with E-state index >= 15 is 0 Å². The minimum Gasteiger partial charge on any atom is -0.426 e. The van der Waals surface area contributed by atoms with E-state index in [0.717, 1.165) is 11.1 Å². The third-order valence-electron chi connectivity index (χ3n) is 5.07. The molecule has 1 saturated carbocycles. The van der Waals surface area contributed by atoms with E-state index in [0.29, 0.717) is 11.5 Å². The van der Waals surface area contributed by atoms with E-state index in [-0.39, 0.29) is 35.6 Å². The largest absolute Gasteiger partial charge is 0.426 e. The highest BCUT2D eigenvalue weighted by Gasteiger charge is 2.64. The van der Waals surface area contributed by atoms with E-state index in [1.54, 1.807) is 12.1 Å². The first kappa shape index (κ1) is 12.0. The molecule has 0 spiro atoms. The van der Waals surface area contributed by atoms with Crippen molar-refractivity contribution in [2.24, 2.45) is 11.8 Å². The van der Waals surface area contributed by atoms with Crippen molar-refractivity contribution in [1.29, 1.82) is 0 Å². The summed E-state index contributed by atoms with van der Waals surface area (Å²) in [5.41, 5.74) is 1.87. The van der Waals surface area contributed by atoms with Gasteiger partial charge < -0.3 is 9.47 Å². The number of para-hydroxylation sites is 2. The van der Waals surface area contributed by atoms with Crippen LogP contribution in [0.25, 0.3) is 0 Å².